The lowest BCUT2D eigenvalue weighted by Gasteiger charge is -2.34. The minimum absolute atomic E-state index is 0.248. The molecule has 0 unspecified atom stereocenters. The Morgan fingerprint density at radius 1 is 1.55 bits per heavy atom. The first-order valence-electron chi connectivity index (χ1n) is 7.51. The van der Waals surface area contributed by atoms with Crippen LogP contribution in [0.3, 0.4) is 0 Å². The fourth-order valence-electron chi connectivity index (χ4n) is 3.12. The van der Waals surface area contributed by atoms with Crippen LogP contribution in [-0.4, -0.2) is 41.8 Å². The molecule has 2 fully saturated rings. The number of alkyl halides is 1. The lowest BCUT2D eigenvalue weighted by molar-refractivity contribution is 0.0985. The number of nitrogens with zero attached hydrogens (tertiary/aromatic N) is 3. The highest BCUT2D eigenvalue weighted by Crippen LogP contribution is 2.52. The third-order valence-electron chi connectivity index (χ3n) is 4.71. The van der Waals surface area contributed by atoms with E-state index in [1.54, 1.807) is 0 Å². The molecule has 0 spiro atoms. The van der Waals surface area contributed by atoms with Gasteiger partial charge in [0.25, 0.3) is 0 Å². The lowest BCUT2D eigenvalue weighted by atomic mass is 9.97. The number of hydrogen-bond acceptors (Lipinski definition) is 5. The average molecular weight is 342 g/mol. The summed E-state index contributed by atoms with van der Waals surface area (Å²) in [5.74, 6) is 0.861. The second-order valence-corrected chi connectivity index (χ2v) is 7.34. The Hall–Kier alpha value is -0.980. The maximum Gasteiger partial charge on any atom is 0.169 e. The van der Waals surface area contributed by atoms with Crippen LogP contribution >= 0.6 is 23.1 Å². The normalized spacial score (nSPS) is 24.0. The number of hydrogen-bond donors (Lipinski definition) is 0. The van der Waals surface area contributed by atoms with E-state index < -0.39 is 0 Å². The third-order valence-corrected chi connectivity index (χ3v) is 5.95. The molecule has 0 N–H and O–H groups in total. The molecule has 1 aliphatic heterocycles. The first-order valence-corrected chi connectivity index (χ1v) is 8.66. The Morgan fingerprint density at radius 3 is 3.05 bits per heavy atom. The molecule has 2 aromatic heterocycles. The summed E-state index contributed by atoms with van der Waals surface area (Å²) in [5, 5.41) is 0.415. The highest BCUT2D eigenvalue weighted by Gasteiger charge is 2.46. The van der Waals surface area contributed by atoms with Crippen molar-refractivity contribution in [2.24, 2.45) is 0 Å². The molecule has 1 saturated heterocycles. The summed E-state index contributed by atoms with van der Waals surface area (Å²) in [7, 11) is 0. The summed E-state index contributed by atoms with van der Waals surface area (Å²) in [6.45, 7) is 3.93. The van der Waals surface area contributed by atoms with Gasteiger partial charge in [-0.05, 0) is 42.9 Å². The van der Waals surface area contributed by atoms with Crippen molar-refractivity contribution in [1.82, 2.24) is 9.36 Å². The monoisotopic (exact) mass is 341 g/mol. The molecule has 1 saturated carbocycles. The molecule has 0 bridgehead atoms. The van der Waals surface area contributed by atoms with Gasteiger partial charge in [-0.1, -0.05) is 11.6 Å². The molecular weight excluding hydrogens is 325 g/mol. The smallest absolute Gasteiger partial charge is 0.169 e. The van der Waals surface area contributed by atoms with E-state index in [1.807, 2.05) is 6.07 Å². The van der Waals surface area contributed by atoms with Crippen molar-refractivity contribution in [3.63, 3.8) is 0 Å². The van der Waals surface area contributed by atoms with Gasteiger partial charge in [-0.2, -0.15) is 4.37 Å². The zero-order chi connectivity index (χ0) is 15.3. The number of pyridine rings is 1. The number of aromatic nitrogens is 2. The predicted octanol–water partition coefficient (Wildman–Crippen LogP) is 3.57. The number of rotatable bonds is 3. The third kappa shape index (κ3) is 2.20. The van der Waals surface area contributed by atoms with Crippen LogP contribution in [0.25, 0.3) is 10.2 Å². The average Bonchev–Trinajstić information content (AvgIpc) is 3.25. The van der Waals surface area contributed by atoms with Gasteiger partial charge in [0.05, 0.1) is 30.6 Å². The molecule has 2 aliphatic rings. The highest BCUT2D eigenvalue weighted by atomic mass is 35.5. The maximum absolute atomic E-state index is 13.6. The molecule has 118 valence electrons. The molecule has 0 aromatic carbocycles. The molecule has 0 amide bonds. The molecule has 0 radical (unpaired) electrons. The van der Waals surface area contributed by atoms with Crippen LogP contribution in [0.15, 0.2) is 6.07 Å². The van der Waals surface area contributed by atoms with Crippen molar-refractivity contribution >= 4 is 39.2 Å². The summed E-state index contributed by atoms with van der Waals surface area (Å²) in [6.07, 6.45) is 1.77. The van der Waals surface area contributed by atoms with Crippen molar-refractivity contribution in [3.05, 3.63) is 16.8 Å². The first kappa shape index (κ1) is 14.6. The van der Waals surface area contributed by atoms with Crippen LogP contribution < -0.4 is 4.90 Å². The molecule has 7 heteroatoms. The number of halogens is 2. The van der Waals surface area contributed by atoms with Crippen LogP contribution in [0.5, 0.6) is 0 Å². The number of ether oxygens (including phenoxy) is 1. The van der Waals surface area contributed by atoms with Crippen LogP contribution in [0.2, 0.25) is 5.15 Å². The van der Waals surface area contributed by atoms with Gasteiger partial charge in [0.1, 0.15) is 11.3 Å². The van der Waals surface area contributed by atoms with E-state index in [-0.39, 0.29) is 18.1 Å². The van der Waals surface area contributed by atoms with E-state index in [2.05, 4.69) is 16.2 Å². The Balaban J connectivity index is 1.87. The van der Waals surface area contributed by atoms with Crippen molar-refractivity contribution in [2.45, 2.75) is 31.2 Å². The Labute approximate surface area is 137 Å². The molecule has 2 aromatic rings. The summed E-state index contributed by atoms with van der Waals surface area (Å²) in [4.78, 5) is 6.93. The second-order valence-electron chi connectivity index (χ2n) is 6.21. The number of fused-ring (bicyclic) bond motifs is 1. The van der Waals surface area contributed by atoms with Crippen molar-refractivity contribution in [3.8, 4) is 0 Å². The first-order chi connectivity index (χ1) is 10.6. The summed E-state index contributed by atoms with van der Waals surface area (Å²) < 4.78 is 24.2. The topological polar surface area (TPSA) is 38.2 Å². The molecule has 1 aliphatic carbocycles. The molecule has 4 rings (SSSR count). The van der Waals surface area contributed by atoms with E-state index in [0.717, 1.165) is 35.5 Å². The zero-order valence-electron chi connectivity index (χ0n) is 12.3. The van der Waals surface area contributed by atoms with Gasteiger partial charge >= 0.3 is 0 Å². The number of anilines is 1. The van der Waals surface area contributed by atoms with Gasteiger partial charge in [-0.15, -0.1) is 0 Å². The van der Waals surface area contributed by atoms with E-state index in [1.165, 1.54) is 11.5 Å². The summed E-state index contributed by atoms with van der Waals surface area (Å²) in [6, 6.07) is 2.29. The zero-order valence-corrected chi connectivity index (χ0v) is 13.9. The van der Waals surface area contributed by atoms with E-state index in [0.29, 0.717) is 23.9 Å². The lowest BCUT2D eigenvalue weighted by Crippen LogP contribution is -2.44. The van der Waals surface area contributed by atoms with Crippen molar-refractivity contribution in [1.29, 1.82) is 0 Å². The van der Waals surface area contributed by atoms with Crippen molar-refractivity contribution < 1.29 is 9.13 Å². The van der Waals surface area contributed by atoms with Crippen molar-refractivity contribution in [2.75, 3.05) is 31.3 Å². The fourth-order valence-corrected chi connectivity index (χ4v) is 4.27. The van der Waals surface area contributed by atoms with Gasteiger partial charge in [0.15, 0.2) is 5.15 Å². The quantitative estimate of drug-likeness (QED) is 0.855. The van der Waals surface area contributed by atoms with Gasteiger partial charge in [-0.25, -0.2) is 4.98 Å². The maximum atomic E-state index is 13.6. The Morgan fingerprint density at radius 2 is 2.36 bits per heavy atom. The fraction of sp³-hybridized carbons (Fsp3) is 0.600. The van der Waals surface area contributed by atoms with Gasteiger partial charge in [-0.3, -0.25) is 4.39 Å². The minimum atomic E-state index is -0.346. The van der Waals surface area contributed by atoms with Crippen LogP contribution in [-0.2, 0) is 10.2 Å². The molecule has 4 nitrogen and oxygen atoms in total. The van der Waals surface area contributed by atoms with Gasteiger partial charge < -0.3 is 9.64 Å². The molecule has 22 heavy (non-hydrogen) atoms. The largest absolute Gasteiger partial charge is 0.377 e. The number of morpholine rings is 1. The minimum Gasteiger partial charge on any atom is -0.377 e. The van der Waals surface area contributed by atoms with E-state index >= 15 is 0 Å². The van der Waals surface area contributed by atoms with Crippen LogP contribution in [0.4, 0.5) is 10.2 Å². The molecule has 1 atom stereocenters. The van der Waals surface area contributed by atoms with Crippen LogP contribution in [0, 0.1) is 0 Å². The molecule has 3 heterocycles. The summed E-state index contributed by atoms with van der Waals surface area (Å²) >= 11 is 7.53. The van der Waals surface area contributed by atoms with Gasteiger partial charge in [0, 0.05) is 12.0 Å². The Kier molecular flexibility index (Phi) is 3.51. The van der Waals surface area contributed by atoms with E-state index in [9.17, 15) is 4.39 Å². The second kappa shape index (κ2) is 5.28. The van der Waals surface area contributed by atoms with Gasteiger partial charge in [0.2, 0.25) is 0 Å². The predicted molar refractivity (Wildman–Crippen MR) is 86.9 cm³/mol. The highest BCUT2D eigenvalue weighted by molar-refractivity contribution is 7.14. The summed E-state index contributed by atoms with van der Waals surface area (Å²) in [5.41, 5.74) is 1.39. The Bertz CT molecular complexity index is 718. The SMILES string of the molecule is C[C@@H]1COCCN1c1cc(C2(CF)CC2)c2snc(Cl)c2n1. The van der Waals surface area contributed by atoms with Crippen LogP contribution in [0.1, 0.15) is 25.3 Å². The van der Waals surface area contributed by atoms with E-state index in [4.69, 9.17) is 21.3 Å². The standard InChI is InChI=1S/C15H17ClFN3OS/c1-9-7-21-5-4-20(9)11-6-10(15(8-17)2-3-15)13-12(18-11)14(16)19-22-13/h6,9H,2-5,7-8H2,1H3/t9-/m1/s1. The molecular formula is C15H17ClFN3OS.